The maximum atomic E-state index is 6.14. The van der Waals surface area contributed by atoms with Crippen LogP contribution in [0.5, 0.6) is 17.2 Å². The van der Waals surface area contributed by atoms with Gasteiger partial charge in [-0.2, -0.15) is 4.98 Å². The number of benzene rings is 2. The SMILES string of the molecule is COc1cccc(OCCCc2oc(-n3ccnc3C)nc2-c2ccc(Cl)cc2)c1OC. The van der Waals surface area contributed by atoms with Crippen molar-refractivity contribution in [2.24, 2.45) is 0 Å². The van der Waals surface area contributed by atoms with E-state index in [0.717, 1.165) is 29.3 Å². The number of methoxy groups -OCH3 is 2. The first kappa shape index (κ1) is 21.8. The van der Waals surface area contributed by atoms with Gasteiger partial charge in [-0.3, -0.25) is 4.57 Å². The molecule has 0 bridgehead atoms. The molecule has 0 spiro atoms. The Labute approximate surface area is 191 Å². The van der Waals surface area contributed by atoms with Crippen molar-refractivity contribution in [2.45, 2.75) is 19.8 Å². The minimum atomic E-state index is 0.476. The molecule has 32 heavy (non-hydrogen) atoms. The molecule has 0 atom stereocenters. The van der Waals surface area contributed by atoms with Crippen LogP contribution in [0.3, 0.4) is 0 Å². The Balaban J connectivity index is 1.52. The molecule has 0 amide bonds. The van der Waals surface area contributed by atoms with Gasteiger partial charge in [-0.15, -0.1) is 0 Å². The van der Waals surface area contributed by atoms with Crippen LogP contribution in [0.15, 0.2) is 59.3 Å². The Morgan fingerprint density at radius 2 is 1.81 bits per heavy atom. The summed E-state index contributed by atoms with van der Waals surface area (Å²) in [5.41, 5.74) is 1.72. The molecule has 2 aromatic carbocycles. The average molecular weight is 454 g/mol. The second-order valence-electron chi connectivity index (χ2n) is 7.06. The standard InChI is InChI=1S/C24H24ClN3O4/c1-16-26-13-14-28(16)24-27-22(17-9-11-18(25)12-10-17)19(32-24)8-5-15-31-21-7-4-6-20(29-2)23(21)30-3/h4,6-7,9-14H,5,8,15H2,1-3H3. The summed E-state index contributed by atoms with van der Waals surface area (Å²) in [4.78, 5) is 9.00. The largest absolute Gasteiger partial charge is 0.493 e. The highest BCUT2D eigenvalue weighted by Crippen LogP contribution is 2.36. The van der Waals surface area contributed by atoms with Gasteiger partial charge in [0.05, 0.1) is 20.8 Å². The second kappa shape index (κ2) is 9.78. The number of aryl methyl sites for hydroxylation is 2. The van der Waals surface area contributed by atoms with Gasteiger partial charge in [0, 0.05) is 29.4 Å². The topological polar surface area (TPSA) is 71.5 Å². The summed E-state index contributed by atoms with van der Waals surface area (Å²) in [5, 5.41) is 0.671. The van der Waals surface area contributed by atoms with E-state index < -0.39 is 0 Å². The van der Waals surface area contributed by atoms with E-state index in [9.17, 15) is 0 Å². The molecule has 4 aromatic rings. The summed E-state index contributed by atoms with van der Waals surface area (Å²) >= 11 is 6.06. The van der Waals surface area contributed by atoms with E-state index in [4.69, 9.17) is 35.2 Å². The fraction of sp³-hybridized carbons (Fsp3) is 0.250. The fourth-order valence-corrected chi connectivity index (χ4v) is 3.54. The lowest BCUT2D eigenvalue weighted by molar-refractivity contribution is 0.277. The van der Waals surface area contributed by atoms with Gasteiger partial charge in [-0.05, 0) is 37.6 Å². The first-order valence-corrected chi connectivity index (χ1v) is 10.6. The maximum absolute atomic E-state index is 6.14. The quantitative estimate of drug-likeness (QED) is 0.311. The molecule has 0 saturated carbocycles. The minimum Gasteiger partial charge on any atom is -0.493 e. The predicted molar refractivity (Wildman–Crippen MR) is 122 cm³/mol. The summed E-state index contributed by atoms with van der Waals surface area (Å²) in [6.07, 6.45) is 4.91. The summed E-state index contributed by atoms with van der Waals surface area (Å²) in [6.45, 7) is 2.38. The molecule has 2 aromatic heterocycles. The number of hydrogen-bond acceptors (Lipinski definition) is 6. The normalized spacial score (nSPS) is 10.9. The molecule has 0 aliphatic carbocycles. The molecule has 4 rings (SSSR count). The van der Waals surface area contributed by atoms with Gasteiger partial charge >= 0.3 is 6.01 Å². The van der Waals surface area contributed by atoms with Crippen molar-refractivity contribution >= 4 is 11.6 Å². The third-order valence-electron chi connectivity index (χ3n) is 5.01. The molecule has 0 saturated heterocycles. The van der Waals surface area contributed by atoms with Crippen LogP contribution < -0.4 is 14.2 Å². The van der Waals surface area contributed by atoms with E-state index in [-0.39, 0.29) is 0 Å². The monoisotopic (exact) mass is 453 g/mol. The number of ether oxygens (including phenoxy) is 3. The first-order chi connectivity index (χ1) is 15.6. The zero-order valence-electron chi connectivity index (χ0n) is 18.2. The Morgan fingerprint density at radius 3 is 2.50 bits per heavy atom. The van der Waals surface area contributed by atoms with Crippen molar-refractivity contribution < 1.29 is 18.6 Å². The van der Waals surface area contributed by atoms with Crippen LogP contribution in [0.1, 0.15) is 18.0 Å². The molecule has 0 aliphatic heterocycles. The number of aromatic nitrogens is 3. The lowest BCUT2D eigenvalue weighted by atomic mass is 10.1. The highest BCUT2D eigenvalue weighted by molar-refractivity contribution is 6.30. The molecule has 0 radical (unpaired) electrons. The van der Waals surface area contributed by atoms with Gasteiger partial charge in [0.2, 0.25) is 5.75 Å². The van der Waals surface area contributed by atoms with Gasteiger partial charge < -0.3 is 18.6 Å². The Bertz CT molecular complexity index is 1180. The number of imidazole rings is 1. The highest BCUT2D eigenvalue weighted by atomic mass is 35.5. The third kappa shape index (κ3) is 4.57. The van der Waals surface area contributed by atoms with E-state index in [0.29, 0.717) is 41.3 Å². The Morgan fingerprint density at radius 1 is 1.03 bits per heavy atom. The molecular formula is C24H24ClN3O4. The van der Waals surface area contributed by atoms with E-state index in [2.05, 4.69) is 4.98 Å². The molecule has 166 valence electrons. The van der Waals surface area contributed by atoms with Crippen molar-refractivity contribution in [1.82, 2.24) is 14.5 Å². The summed E-state index contributed by atoms with van der Waals surface area (Å²) in [7, 11) is 3.20. The molecule has 0 fully saturated rings. The molecule has 0 N–H and O–H groups in total. The van der Waals surface area contributed by atoms with Crippen LogP contribution in [-0.4, -0.2) is 35.4 Å². The zero-order valence-corrected chi connectivity index (χ0v) is 18.9. The van der Waals surface area contributed by atoms with Crippen molar-refractivity contribution in [1.29, 1.82) is 0 Å². The van der Waals surface area contributed by atoms with Gasteiger partial charge in [0.1, 0.15) is 17.3 Å². The van der Waals surface area contributed by atoms with Crippen LogP contribution >= 0.6 is 11.6 Å². The van der Waals surface area contributed by atoms with Crippen LogP contribution in [0.4, 0.5) is 0 Å². The van der Waals surface area contributed by atoms with Gasteiger partial charge in [0.15, 0.2) is 11.5 Å². The Kier molecular flexibility index (Phi) is 6.66. The van der Waals surface area contributed by atoms with E-state index >= 15 is 0 Å². The van der Waals surface area contributed by atoms with Crippen LogP contribution in [0.2, 0.25) is 5.02 Å². The number of oxazole rings is 1. The van der Waals surface area contributed by atoms with Gasteiger partial charge in [0.25, 0.3) is 0 Å². The summed E-state index contributed by atoms with van der Waals surface area (Å²) in [6, 6.07) is 13.6. The number of para-hydroxylation sites is 1. The van der Waals surface area contributed by atoms with Crippen LogP contribution in [0, 0.1) is 6.92 Å². The number of halogens is 1. The molecule has 0 unspecified atom stereocenters. The van der Waals surface area contributed by atoms with Gasteiger partial charge in [-0.1, -0.05) is 29.8 Å². The number of hydrogen-bond donors (Lipinski definition) is 0. The van der Waals surface area contributed by atoms with Crippen molar-refractivity contribution in [3.8, 4) is 34.5 Å². The third-order valence-corrected chi connectivity index (χ3v) is 5.26. The molecular weight excluding hydrogens is 430 g/mol. The lowest BCUT2D eigenvalue weighted by Gasteiger charge is -2.13. The smallest absolute Gasteiger partial charge is 0.307 e. The van der Waals surface area contributed by atoms with Crippen LogP contribution in [-0.2, 0) is 6.42 Å². The molecule has 8 heteroatoms. The van der Waals surface area contributed by atoms with E-state index in [1.807, 2.05) is 60.2 Å². The predicted octanol–water partition coefficient (Wildman–Crippen LogP) is 5.52. The highest BCUT2D eigenvalue weighted by Gasteiger charge is 2.18. The molecule has 0 aliphatic rings. The van der Waals surface area contributed by atoms with Crippen molar-refractivity contribution in [3.05, 3.63) is 71.5 Å². The van der Waals surface area contributed by atoms with E-state index in [1.165, 1.54) is 0 Å². The molecule has 7 nitrogen and oxygen atoms in total. The zero-order chi connectivity index (χ0) is 22.5. The first-order valence-electron chi connectivity index (χ1n) is 10.2. The van der Waals surface area contributed by atoms with Crippen molar-refractivity contribution in [3.63, 3.8) is 0 Å². The Hall–Kier alpha value is -3.45. The minimum absolute atomic E-state index is 0.476. The number of rotatable bonds is 9. The summed E-state index contributed by atoms with van der Waals surface area (Å²) < 4.78 is 24.7. The lowest BCUT2D eigenvalue weighted by Crippen LogP contribution is -2.02. The maximum Gasteiger partial charge on any atom is 0.307 e. The average Bonchev–Trinajstić information content (AvgIpc) is 3.42. The van der Waals surface area contributed by atoms with Crippen LogP contribution in [0.25, 0.3) is 17.3 Å². The van der Waals surface area contributed by atoms with Crippen molar-refractivity contribution in [2.75, 3.05) is 20.8 Å². The van der Waals surface area contributed by atoms with E-state index in [1.54, 1.807) is 20.4 Å². The fourth-order valence-electron chi connectivity index (χ4n) is 3.41. The second-order valence-corrected chi connectivity index (χ2v) is 7.50. The molecule has 2 heterocycles. The summed E-state index contributed by atoms with van der Waals surface area (Å²) in [5.74, 6) is 3.42. The van der Waals surface area contributed by atoms with Gasteiger partial charge in [-0.25, -0.2) is 4.98 Å². The number of nitrogens with zero attached hydrogens (tertiary/aromatic N) is 3.